The number of aromatic hydroxyl groups is 1. The van der Waals surface area contributed by atoms with E-state index in [-0.39, 0.29) is 17.9 Å². The summed E-state index contributed by atoms with van der Waals surface area (Å²) in [4.78, 5) is 6.66. The van der Waals surface area contributed by atoms with E-state index in [9.17, 15) is 10.2 Å². The summed E-state index contributed by atoms with van der Waals surface area (Å²) in [5.41, 5.74) is 1.71. The number of benzene rings is 1. The third kappa shape index (κ3) is 3.05. The van der Waals surface area contributed by atoms with Crippen LogP contribution in [-0.2, 0) is 0 Å². The highest BCUT2D eigenvalue weighted by Gasteiger charge is 2.40. The number of aliphatic hydroxyl groups is 1. The van der Waals surface area contributed by atoms with Crippen molar-refractivity contribution in [1.82, 2.24) is 9.88 Å². The van der Waals surface area contributed by atoms with E-state index in [1.807, 2.05) is 18.2 Å². The first kappa shape index (κ1) is 16.6. The van der Waals surface area contributed by atoms with E-state index in [2.05, 4.69) is 29.1 Å². The Morgan fingerprint density at radius 3 is 2.92 bits per heavy atom. The zero-order valence-corrected chi connectivity index (χ0v) is 14.7. The van der Waals surface area contributed by atoms with Gasteiger partial charge in [-0.25, -0.2) is 0 Å². The number of hydrogen-bond acceptors (Lipinski definition) is 4. The zero-order valence-electron chi connectivity index (χ0n) is 14.7. The molecule has 1 aromatic carbocycles. The molecule has 2 N–H and O–H groups in total. The summed E-state index contributed by atoms with van der Waals surface area (Å²) in [5.74, 6) is 0.854. The van der Waals surface area contributed by atoms with Crippen molar-refractivity contribution >= 4 is 17.0 Å². The molecule has 2 aromatic rings. The van der Waals surface area contributed by atoms with Crippen LogP contribution >= 0.6 is 0 Å². The van der Waals surface area contributed by atoms with Crippen molar-refractivity contribution < 1.29 is 10.2 Å². The molecule has 4 atom stereocenters. The van der Waals surface area contributed by atoms with Gasteiger partial charge in [0.15, 0.2) is 0 Å². The first-order valence-corrected chi connectivity index (χ1v) is 9.30. The maximum absolute atomic E-state index is 10.4. The summed E-state index contributed by atoms with van der Waals surface area (Å²) >= 11 is 0. The Morgan fingerprint density at radius 2 is 2.04 bits per heavy atom. The number of phenols is 1. The van der Waals surface area contributed by atoms with Gasteiger partial charge in [0, 0.05) is 23.7 Å². The third-order valence-corrected chi connectivity index (χ3v) is 6.06. The number of fused-ring (bicyclic) bond motifs is 2. The summed E-state index contributed by atoms with van der Waals surface area (Å²) in [6.45, 7) is 0. The molecule has 4 rings (SSSR count). The lowest BCUT2D eigenvalue weighted by molar-refractivity contribution is -0.0385. The van der Waals surface area contributed by atoms with Gasteiger partial charge in [0.2, 0.25) is 0 Å². The van der Waals surface area contributed by atoms with Gasteiger partial charge in [-0.05, 0) is 56.3 Å². The quantitative estimate of drug-likeness (QED) is 0.879. The van der Waals surface area contributed by atoms with Gasteiger partial charge in [0.05, 0.1) is 6.10 Å². The lowest BCUT2D eigenvalue weighted by atomic mass is 9.75. The SMILES string of the molecule is CN1C(/C=C/c2ccc(O)c3ncccc23)CCC2CCCC(O)C21. The highest BCUT2D eigenvalue weighted by molar-refractivity contribution is 5.91. The molecule has 0 bridgehead atoms. The smallest absolute Gasteiger partial charge is 0.141 e. The van der Waals surface area contributed by atoms with E-state index in [0.717, 1.165) is 30.2 Å². The van der Waals surface area contributed by atoms with Crippen molar-refractivity contribution in [3.05, 3.63) is 42.1 Å². The van der Waals surface area contributed by atoms with Crippen molar-refractivity contribution in [2.45, 2.75) is 50.3 Å². The Bertz CT molecular complexity index is 789. The van der Waals surface area contributed by atoms with Crippen LogP contribution in [0.3, 0.4) is 0 Å². The fourth-order valence-electron chi connectivity index (χ4n) is 4.75. The zero-order chi connectivity index (χ0) is 17.4. The lowest BCUT2D eigenvalue weighted by Crippen LogP contribution is -2.55. The van der Waals surface area contributed by atoms with E-state index in [1.165, 1.54) is 12.8 Å². The molecule has 0 radical (unpaired) electrons. The molecule has 4 nitrogen and oxygen atoms in total. The monoisotopic (exact) mass is 338 g/mol. The highest BCUT2D eigenvalue weighted by atomic mass is 16.3. The van der Waals surface area contributed by atoms with Gasteiger partial charge >= 0.3 is 0 Å². The van der Waals surface area contributed by atoms with Crippen molar-refractivity contribution in [2.24, 2.45) is 5.92 Å². The molecule has 1 aliphatic carbocycles. The summed E-state index contributed by atoms with van der Waals surface area (Å²) in [5, 5.41) is 21.4. The molecule has 4 heteroatoms. The number of likely N-dealkylation sites (N-methyl/N-ethyl adjacent to an activating group) is 1. The van der Waals surface area contributed by atoms with E-state index in [1.54, 1.807) is 12.3 Å². The maximum atomic E-state index is 10.4. The molecule has 4 unspecified atom stereocenters. The molecule has 1 saturated carbocycles. The predicted molar refractivity (Wildman–Crippen MR) is 100 cm³/mol. The average Bonchev–Trinajstić information content (AvgIpc) is 2.63. The molecule has 132 valence electrons. The van der Waals surface area contributed by atoms with Crippen LogP contribution in [-0.4, -0.2) is 45.3 Å². The molecule has 2 aliphatic rings. The second-order valence-electron chi connectivity index (χ2n) is 7.49. The largest absolute Gasteiger partial charge is 0.506 e. The van der Waals surface area contributed by atoms with Gasteiger partial charge in [-0.3, -0.25) is 9.88 Å². The normalized spacial score (nSPS) is 30.6. The summed E-state index contributed by atoms with van der Waals surface area (Å²) in [6.07, 6.45) is 11.6. The molecule has 25 heavy (non-hydrogen) atoms. The number of phenolic OH excluding ortho intramolecular Hbond substituents is 1. The minimum Gasteiger partial charge on any atom is -0.506 e. The standard InChI is InChI=1S/C21H26N2O2/c1-23-16(11-8-15-4-2-6-19(25)21(15)23)10-7-14-9-12-18(24)20-17(14)5-3-13-22-20/h3,5,7,9-10,12-13,15-16,19,21,24-25H,2,4,6,8,11H2,1H3/b10-7+. The van der Waals surface area contributed by atoms with Crippen molar-refractivity contribution in [1.29, 1.82) is 0 Å². The van der Waals surface area contributed by atoms with Crippen LogP contribution in [0.25, 0.3) is 17.0 Å². The molecule has 0 amide bonds. The Labute approximate surface area is 148 Å². The van der Waals surface area contributed by atoms with Crippen molar-refractivity contribution in [3.8, 4) is 5.75 Å². The Morgan fingerprint density at radius 1 is 1.16 bits per heavy atom. The molecule has 2 heterocycles. The van der Waals surface area contributed by atoms with E-state index >= 15 is 0 Å². The van der Waals surface area contributed by atoms with Crippen LogP contribution in [0.1, 0.15) is 37.7 Å². The molecule has 2 fully saturated rings. The summed E-state index contributed by atoms with van der Waals surface area (Å²) < 4.78 is 0. The van der Waals surface area contributed by atoms with Gasteiger partial charge in [0.1, 0.15) is 11.3 Å². The van der Waals surface area contributed by atoms with Crippen molar-refractivity contribution in [2.75, 3.05) is 7.05 Å². The first-order chi connectivity index (χ1) is 12.1. The highest BCUT2D eigenvalue weighted by Crippen LogP contribution is 2.37. The van der Waals surface area contributed by atoms with Crippen LogP contribution in [0.15, 0.2) is 36.5 Å². The number of aliphatic hydroxyl groups excluding tert-OH is 1. The number of piperidine rings is 1. The van der Waals surface area contributed by atoms with Gasteiger partial charge in [-0.2, -0.15) is 0 Å². The van der Waals surface area contributed by atoms with E-state index < -0.39 is 0 Å². The number of pyridine rings is 1. The maximum Gasteiger partial charge on any atom is 0.141 e. The second kappa shape index (κ2) is 6.77. The van der Waals surface area contributed by atoms with Crippen LogP contribution in [0.2, 0.25) is 0 Å². The summed E-state index contributed by atoms with van der Waals surface area (Å²) in [6, 6.07) is 8.17. The minimum absolute atomic E-state index is 0.196. The molecular formula is C21H26N2O2. The third-order valence-electron chi connectivity index (χ3n) is 6.06. The molecule has 1 aromatic heterocycles. The van der Waals surface area contributed by atoms with Gasteiger partial charge in [-0.1, -0.05) is 30.7 Å². The lowest BCUT2D eigenvalue weighted by Gasteiger charge is -2.48. The Hall–Kier alpha value is -1.91. The summed E-state index contributed by atoms with van der Waals surface area (Å²) in [7, 11) is 2.15. The second-order valence-corrected chi connectivity index (χ2v) is 7.49. The fourth-order valence-corrected chi connectivity index (χ4v) is 4.75. The molecule has 0 spiro atoms. The first-order valence-electron chi connectivity index (χ1n) is 9.30. The fraction of sp³-hybridized carbons (Fsp3) is 0.476. The number of nitrogens with zero attached hydrogens (tertiary/aromatic N) is 2. The number of aromatic nitrogens is 1. The number of hydrogen-bond donors (Lipinski definition) is 2. The van der Waals surface area contributed by atoms with Crippen LogP contribution < -0.4 is 0 Å². The van der Waals surface area contributed by atoms with Gasteiger partial charge in [-0.15, -0.1) is 0 Å². The topological polar surface area (TPSA) is 56.6 Å². The Balaban J connectivity index is 1.59. The van der Waals surface area contributed by atoms with E-state index in [0.29, 0.717) is 17.5 Å². The molecule has 1 aliphatic heterocycles. The van der Waals surface area contributed by atoms with Crippen LogP contribution in [0.5, 0.6) is 5.75 Å². The number of likely N-dealkylation sites (tertiary alicyclic amines) is 1. The molecular weight excluding hydrogens is 312 g/mol. The Kier molecular flexibility index (Phi) is 4.48. The van der Waals surface area contributed by atoms with Gasteiger partial charge in [0.25, 0.3) is 0 Å². The van der Waals surface area contributed by atoms with Crippen molar-refractivity contribution in [3.63, 3.8) is 0 Å². The van der Waals surface area contributed by atoms with Crippen LogP contribution in [0.4, 0.5) is 0 Å². The van der Waals surface area contributed by atoms with Gasteiger partial charge < -0.3 is 10.2 Å². The van der Waals surface area contributed by atoms with Crippen LogP contribution in [0, 0.1) is 5.92 Å². The number of rotatable bonds is 2. The minimum atomic E-state index is -0.196. The molecule has 1 saturated heterocycles. The predicted octanol–water partition coefficient (Wildman–Crippen LogP) is 3.58. The average molecular weight is 338 g/mol. The van der Waals surface area contributed by atoms with E-state index in [4.69, 9.17) is 0 Å².